The quantitative estimate of drug-likeness (QED) is 0.494. The van der Waals surface area contributed by atoms with E-state index in [0.29, 0.717) is 4.88 Å². The summed E-state index contributed by atoms with van der Waals surface area (Å²) in [6.45, 7) is 0. The van der Waals surface area contributed by atoms with Crippen molar-refractivity contribution in [2.45, 2.75) is 0 Å². The van der Waals surface area contributed by atoms with Crippen molar-refractivity contribution in [1.82, 2.24) is 4.98 Å². The van der Waals surface area contributed by atoms with Gasteiger partial charge in [-0.2, -0.15) is 0 Å². The van der Waals surface area contributed by atoms with Crippen molar-refractivity contribution in [3.63, 3.8) is 0 Å². The van der Waals surface area contributed by atoms with E-state index in [2.05, 4.69) is 10.3 Å². The van der Waals surface area contributed by atoms with E-state index in [9.17, 15) is 19.7 Å². The van der Waals surface area contributed by atoms with Gasteiger partial charge in [0.25, 0.3) is 5.91 Å². The molecule has 0 aromatic carbocycles. The highest BCUT2D eigenvalue weighted by Crippen LogP contribution is 2.26. The Morgan fingerprint density at radius 1 is 1.38 bits per heavy atom. The molecule has 2 aromatic heterocycles. The van der Waals surface area contributed by atoms with Crippen LogP contribution in [0.5, 0.6) is 0 Å². The van der Waals surface area contributed by atoms with E-state index in [1.165, 1.54) is 24.4 Å². The Morgan fingerprint density at radius 2 is 2.14 bits per heavy atom. The molecule has 2 heterocycles. The number of anilines is 1. The molecular formula is C11H7N3O5S2. The van der Waals surface area contributed by atoms with Crippen LogP contribution in [0.4, 0.5) is 10.1 Å². The fraction of sp³-hybridized carbons (Fsp3) is 0. The van der Waals surface area contributed by atoms with Gasteiger partial charge >= 0.3 is 11.0 Å². The fourth-order valence-electron chi connectivity index (χ4n) is 1.28. The van der Waals surface area contributed by atoms with Crippen LogP contribution in [0.3, 0.4) is 0 Å². The van der Waals surface area contributed by atoms with Crippen LogP contribution in [0.25, 0.3) is 6.08 Å². The average molecular weight is 325 g/mol. The van der Waals surface area contributed by atoms with Crippen molar-refractivity contribution in [3.05, 3.63) is 44.3 Å². The first-order valence-corrected chi connectivity index (χ1v) is 7.01. The van der Waals surface area contributed by atoms with Gasteiger partial charge in [-0.05, 0) is 12.1 Å². The molecule has 0 bridgehead atoms. The Bertz CT molecular complexity index is 734. The maximum Gasteiger partial charge on any atom is 0.328 e. The van der Waals surface area contributed by atoms with E-state index >= 15 is 0 Å². The van der Waals surface area contributed by atoms with Gasteiger partial charge in [-0.3, -0.25) is 20.2 Å². The lowest BCUT2D eigenvalue weighted by molar-refractivity contribution is -0.380. The summed E-state index contributed by atoms with van der Waals surface area (Å²) in [5.74, 6) is -1.59. The predicted octanol–water partition coefficient (Wildman–Crippen LogP) is 2.46. The predicted molar refractivity (Wildman–Crippen MR) is 77.7 cm³/mol. The van der Waals surface area contributed by atoms with Crippen molar-refractivity contribution >= 4 is 50.8 Å². The van der Waals surface area contributed by atoms with Crippen molar-refractivity contribution < 1.29 is 19.6 Å². The maximum absolute atomic E-state index is 11.9. The van der Waals surface area contributed by atoms with Gasteiger partial charge in [0.1, 0.15) is 0 Å². The van der Waals surface area contributed by atoms with Crippen LogP contribution in [0.2, 0.25) is 0 Å². The van der Waals surface area contributed by atoms with Crippen LogP contribution in [-0.2, 0) is 4.79 Å². The Labute approximate surface area is 125 Å². The van der Waals surface area contributed by atoms with Gasteiger partial charge in [0.2, 0.25) is 0 Å². The number of carboxylic acid groups (broad SMARTS) is 1. The van der Waals surface area contributed by atoms with Crippen molar-refractivity contribution in [2.24, 2.45) is 0 Å². The van der Waals surface area contributed by atoms with Gasteiger partial charge < -0.3 is 5.11 Å². The van der Waals surface area contributed by atoms with Crippen LogP contribution in [-0.4, -0.2) is 26.9 Å². The highest BCUT2D eigenvalue weighted by molar-refractivity contribution is 7.18. The first-order valence-electron chi connectivity index (χ1n) is 5.38. The maximum atomic E-state index is 11.9. The molecule has 2 rings (SSSR count). The van der Waals surface area contributed by atoms with Crippen molar-refractivity contribution in [2.75, 3.05) is 5.32 Å². The number of carbonyl (C=O) groups excluding carboxylic acids is 1. The minimum atomic E-state index is -1.08. The molecule has 1 amide bonds. The molecule has 10 heteroatoms. The standard InChI is InChI=1S/C11H7N3O5S2/c15-9(16)4-1-6-5-12-11(20-6)13-10(17)7-2-3-8(21-7)14(18)19/h1-5H,(H,15,16)(H,12,13,17)/b4-1+. The molecule has 0 radical (unpaired) electrons. The topological polar surface area (TPSA) is 122 Å². The highest BCUT2D eigenvalue weighted by Gasteiger charge is 2.16. The molecule has 0 saturated carbocycles. The molecule has 0 aliphatic heterocycles. The Hall–Kier alpha value is -2.59. The van der Waals surface area contributed by atoms with Gasteiger partial charge in [0, 0.05) is 23.2 Å². The van der Waals surface area contributed by atoms with Gasteiger partial charge in [0.15, 0.2) is 5.13 Å². The third-order valence-electron chi connectivity index (χ3n) is 2.13. The molecule has 0 aliphatic rings. The lowest BCUT2D eigenvalue weighted by atomic mass is 10.4. The molecular weight excluding hydrogens is 318 g/mol. The molecule has 108 valence electrons. The lowest BCUT2D eigenvalue weighted by Gasteiger charge is -1.96. The molecule has 2 N–H and O–H groups in total. The van der Waals surface area contributed by atoms with Gasteiger partial charge in [-0.25, -0.2) is 9.78 Å². The van der Waals surface area contributed by atoms with Gasteiger partial charge in [0.05, 0.1) is 9.80 Å². The number of hydrogen-bond donors (Lipinski definition) is 2. The molecule has 0 unspecified atom stereocenters. The number of thiazole rings is 1. The number of thiophene rings is 1. The molecule has 0 atom stereocenters. The second kappa shape index (κ2) is 6.24. The van der Waals surface area contributed by atoms with Crippen LogP contribution in [0, 0.1) is 10.1 Å². The fourth-order valence-corrected chi connectivity index (χ4v) is 2.71. The molecule has 0 saturated heterocycles. The minimum absolute atomic E-state index is 0.121. The van der Waals surface area contributed by atoms with Gasteiger partial charge in [-0.15, -0.1) is 0 Å². The zero-order valence-corrected chi connectivity index (χ0v) is 11.8. The third kappa shape index (κ3) is 3.94. The summed E-state index contributed by atoms with van der Waals surface area (Å²) in [6.07, 6.45) is 3.73. The summed E-state index contributed by atoms with van der Waals surface area (Å²) in [5.41, 5.74) is 0. The summed E-state index contributed by atoms with van der Waals surface area (Å²) < 4.78 is 0. The number of aliphatic carboxylic acids is 1. The molecule has 2 aromatic rings. The van der Waals surface area contributed by atoms with E-state index < -0.39 is 16.8 Å². The number of nitrogens with one attached hydrogen (secondary N) is 1. The summed E-state index contributed by atoms with van der Waals surface area (Å²) in [7, 11) is 0. The van der Waals surface area contributed by atoms with Crippen molar-refractivity contribution in [1.29, 1.82) is 0 Å². The van der Waals surface area contributed by atoms with E-state index in [1.807, 2.05) is 0 Å². The summed E-state index contributed by atoms with van der Waals surface area (Å²) >= 11 is 1.85. The number of rotatable bonds is 5. The first-order chi connectivity index (χ1) is 9.95. The second-order valence-electron chi connectivity index (χ2n) is 3.59. The third-order valence-corrected chi connectivity index (χ3v) is 4.04. The number of hydrogen-bond acceptors (Lipinski definition) is 7. The number of carbonyl (C=O) groups is 2. The van der Waals surface area contributed by atoms with Gasteiger partial charge in [-0.1, -0.05) is 22.7 Å². The van der Waals surface area contributed by atoms with E-state index in [1.54, 1.807) is 0 Å². The SMILES string of the molecule is O=C(O)/C=C/c1cnc(NC(=O)c2ccc([N+](=O)[O-])s2)s1. The van der Waals surface area contributed by atoms with E-state index in [4.69, 9.17) is 5.11 Å². The summed E-state index contributed by atoms with van der Waals surface area (Å²) in [5, 5.41) is 21.7. The Morgan fingerprint density at radius 3 is 2.76 bits per heavy atom. The monoisotopic (exact) mass is 325 g/mol. The van der Waals surface area contributed by atoms with Crippen LogP contribution >= 0.6 is 22.7 Å². The zero-order chi connectivity index (χ0) is 15.4. The zero-order valence-electron chi connectivity index (χ0n) is 10.2. The van der Waals surface area contributed by atoms with Crippen LogP contribution in [0.1, 0.15) is 14.5 Å². The largest absolute Gasteiger partial charge is 0.478 e. The Kier molecular flexibility index (Phi) is 4.40. The summed E-state index contributed by atoms with van der Waals surface area (Å²) in [4.78, 5) is 36.9. The molecule has 21 heavy (non-hydrogen) atoms. The summed E-state index contributed by atoms with van der Waals surface area (Å²) in [6, 6.07) is 2.61. The second-order valence-corrected chi connectivity index (χ2v) is 5.71. The lowest BCUT2D eigenvalue weighted by Crippen LogP contribution is -2.09. The molecule has 0 fully saturated rings. The Balaban J connectivity index is 2.05. The average Bonchev–Trinajstić information content (AvgIpc) is 3.05. The smallest absolute Gasteiger partial charge is 0.328 e. The van der Waals surface area contributed by atoms with E-state index in [0.717, 1.165) is 28.7 Å². The molecule has 0 aliphatic carbocycles. The number of aromatic nitrogens is 1. The minimum Gasteiger partial charge on any atom is -0.478 e. The molecule has 8 nitrogen and oxygen atoms in total. The highest BCUT2D eigenvalue weighted by atomic mass is 32.1. The number of amides is 1. The van der Waals surface area contributed by atoms with Crippen LogP contribution < -0.4 is 5.32 Å². The number of nitro groups is 1. The first kappa shape index (κ1) is 14.8. The normalized spacial score (nSPS) is 10.7. The molecule has 0 spiro atoms. The van der Waals surface area contributed by atoms with Crippen LogP contribution in [0.15, 0.2) is 24.4 Å². The van der Waals surface area contributed by atoms with E-state index in [-0.39, 0.29) is 15.0 Å². The van der Waals surface area contributed by atoms with Crippen molar-refractivity contribution in [3.8, 4) is 0 Å². The number of nitrogens with zero attached hydrogens (tertiary/aromatic N) is 2. The number of carboxylic acids is 1.